The van der Waals surface area contributed by atoms with Crippen molar-refractivity contribution in [3.63, 3.8) is 0 Å². The molecule has 0 N–H and O–H groups in total. The van der Waals surface area contributed by atoms with Crippen LogP contribution < -0.4 is 9.64 Å². The number of carbonyl (C=O) groups is 1. The molecule has 0 aliphatic carbocycles. The first kappa shape index (κ1) is 27.1. The van der Waals surface area contributed by atoms with Crippen LogP contribution in [0.4, 0.5) is 15.8 Å². The number of ether oxygens (including phenoxy) is 2. The van der Waals surface area contributed by atoms with E-state index in [1.54, 1.807) is 13.0 Å². The van der Waals surface area contributed by atoms with Crippen LogP contribution in [-0.2, 0) is 19.4 Å². The van der Waals surface area contributed by atoms with E-state index in [0.717, 1.165) is 18.5 Å². The fourth-order valence-corrected chi connectivity index (χ4v) is 7.18. The predicted octanol–water partition coefficient (Wildman–Crippen LogP) is 6.28. The highest BCUT2D eigenvalue weighted by molar-refractivity contribution is 7.98. The van der Waals surface area contributed by atoms with Gasteiger partial charge in [-0.05, 0) is 44.2 Å². The summed E-state index contributed by atoms with van der Waals surface area (Å²) >= 11 is 1.34. The molecule has 35 heavy (non-hydrogen) atoms. The maximum Gasteiger partial charge on any atom is 0.370 e. The van der Waals surface area contributed by atoms with Crippen molar-refractivity contribution in [3.05, 3.63) is 54.6 Å². The number of carbonyl (C=O) groups excluding carboxylic acids is 1. The second kappa shape index (κ2) is 11.5. The normalized spacial score (nSPS) is 19.6. The van der Waals surface area contributed by atoms with Gasteiger partial charge in [-0.3, -0.25) is 0 Å². The minimum Gasteiger partial charge on any atom is -0.461 e. The monoisotopic (exact) mass is 521 g/mol. The minimum absolute atomic E-state index is 0.00571. The van der Waals surface area contributed by atoms with Crippen molar-refractivity contribution in [1.29, 1.82) is 0 Å². The lowest BCUT2D eigenvalue weighted by Crippen LogP contribution is -2.37. The van der Waals surface area contributed by atoms with Gasteiger partial charge in [-0.1, -0.05) is 38.5 Å². The Balaban J connectivity index is 2.19. The van der Waals surface area contributed by atoms with Gasteiger partial charge in [-0.15, -0.1) is 11.8 Å². The molecule has 2 aromatic rings. The van der Waals surface area contributed by atoms with E-state index in [2.05, 4.69) is 16.6 Å². The Labute approximate surface area is 211 Å². The molecule has 6 nitrogen and oxygen atoms in total. The van der Waals surface area contributed by atoms with Crippen molar-refractivity contribution in [1.82, 2.24) is 0 Å². The number of hydrogen-bond acceptors (Lipinski definition) is 7. The molecule has 0 bridgehead atoms. The smallest absolute Gasteiger partial charge is 0.370 e. The molecule has 0 aromatic heterocycles. The Hall–Kier alpha value is -2.52. The van der Waals surface area contributed by atoms with Crippen LogP contribution in [0.15, 0.2) is 64.3 Å². The quantitative estimate of drug-likeness (QED) is 0.166. The Kier molecular flexibility index (Phi) is 8.88. The maximum atomic E-state index is 14.1. The summed E-state index contributed by atoms with van der Waals surface area (Å²) in [6.45, 7) is 6.26. The highest BCUT2D eigenvalue weighted by atomic mass is 32.2. The van der Waals surface area contributed by atoms with Crippen LogP contribution in [0.2, 0.25) is 0 Å². The second-order valence-corrected chi connectivity index (χ2v) is 11.4. The zero-order chi connectivity index (χ0) is 25.6. The van der Waals surface area contributed by atoms with Gasteiger partial charge in [0.1, 0.15) is 12.0 Å². The number of sulfone groups is 1. The topological polar surface area (TPSA) is 72.9 Å². The summed E-state index contributed by atoms with van der Waals surface area (Å²) in [5.41, 5.74) is 1.03. The van der Waals surface area contributed by atoms with Crippen molar-refractivity contribution >= 4 is 38.9 Å². The average molecular weight is 522 g/mol. The third-order valence-corrected chi connectivity index (χ3v) is 8.97. The van der Waals surface area contributed by atoms with Gasteiger partial charge >= 0.3 is 5.97 Å². The van der Waals surface area contributed by atoms with Gasteiger partial charge in [0.15, 0.2) is 9.84 Å². The molecule has 1 atom stereocenters. The Morgan fingerprint density at radius 3 is 2.51 bits per heavy atom. The Morgan fingerprint density at radius 1 is 1.20 bits per heavy atom. The van der Waals surface area contributed by atoms with Gasteiger partial charge in [0.25, 0.3) is 0 Å². The van der Waals surface area contributed by atoms with Crippen LogP contribution in [0, 0.1) is 5.41 Å². The third-order valence-electron chi connectivity index (χ3n) is 6.22. The highest BCUT2D eigenvalue weighted by Crippen LogP contribution is 2.47. The number of esters is 1. The van der Waals surface area contributed by atoms with Crippen LogP contribution in [0.3, 0.4) is 0 Å². The number of thioether (sulfide) groups is 1. The number of nitrogens with zero attached hydrogens (tertiary/aromatic N) is 1. The molecule has 0 spiro atoms. The van der Waals surface area contributed by atoms with Gasteiger partial charge < -0.3 is 14.4 Å². The van der Waals surface area contributed by atoms with Gasteiger partial charge in [0, 0.05) is 23.7 Å². The molecule has 0 saturated heterocycles. The zero-order valence-corrected chi connectivity index (χ0v) is 22.2. The number of rotatable bonds is 9. The zero-order valence-electron chi connectivity index (χ0n) is 20.5. The second-order valence-electron chi connectivity index (χ2n) is 8.56. The molecule has 1 heterocycles. The van der Waals surface area contributed by atoms with Crippen LogP contribution in [0.25, 0.3) is 0 Å². The highest BCUT2D eigenvalue weighted by Gasteiger charge is 2.41. The summed E-state index contributed by atoms with van der Waals surface area (Å²) in [6.07, 6.45) is 4.83. The fraction of sp³-hybridized carbons (Fsp3) is 0.423. The molecule has 1 aliphatic heterocycles. The summed E-state index contributed by atoms with van der Waals surface area (Å²) < 4.78 is 51.7. The van der Waals surface area contributed by atoms with Crippen LogP contribution in [0.1, 0.15) is 40.0 Å². The number of halogens is 1. The first-order valence-electron chi connectivity index (χ1n) is 11.7. The summed E-state index contributed by atoms with van der Waals surface area (Å²) in [5, 5.41) is 0. The number of para-hydroxylation sites is 1. The number of hydrogen-bond donors (Lipinski definition) is 0. The van der Waals surface area contributed by atoms with Crippen molar-refractivity contribution in [2.24, 2.45) is 5.41 Å². The summed E-state index contributed by atoms with van der Waals surface area (Å²) in [7, 11) is -3.71. The van der Waals surface area contributed by atoms with Crippen LogP contribution in [-0.4, -0.2) is 39.5 Å². The minimum atomic E-state index is -3.71. The van der Waals surface area contributed by atoms with Gasteiger partial charge in [0.05, 0.1) is 27.8 Å². The van der Waals surface area contributed by atoms with Gasteiger partial charge in [-0.25, -0.2) is 13.2 Å². The molecule has 9 heteroatoms. The lowest BCUT2D eigenvalue weighted by Gasteiger charge is -2.36. The number of anilines is 2. The van der Waals surface area contributed by atoms with E-state index in [4.69, 9.17) is 4.74 Å². The van der Waals surface area contributed by atoms with Crippen LogP contribution in [0.5, 0.6) is 5.75 Å². The lowest BCUT2D eigenvalue weighted by atomic mass is 9.82. The van der Waals surface area contributed by atoms with Crippen LogP contribution >= 0.6 is 11.8 Å². The first-order valence-corrected chi connectivity index (χ1v) is 14.5. The van der Waals surface area contributed by atoms with Crippen molar-refractivity contribution in [2.45, 2.75) is 49.8 Å². The van der Waals surface area contributed by atoms with E-state index >= 15 is 0 Å². The van der Waals surface area contributed by atoms with Crippen molar-refractivity contribution < 1.29 is 27.1 Å². The van der Waals surface area contributed by atoms with Gasteiger partial charge in [0.2, 0.25) is 5.83 Å². The van der Waals surface area contributed by atoms with E-state index in [0.29, 0.717) is 29.8 Å². The van der Waals surface area contributed by atoms with E-state index in [1.807, 2.05) is 43.5 Å². The van der Waals surface area contributed by atoms with Crippen molar-refractivity contribution in [3.8, 4) is 5.75 Å². The lowest BCUT2D eigenvalue weighted by molar-refractivity contribution is -0.140. The molecular formula is C26H32FNO5S2. The number of benzene rings is 2. The summed E-state index contributed by atoms with van der Waals surface area (Å²) in [4.78, 5) is 14.4. The number of fused-ring (bicyclic) bond motifs is 1. The molecule has 0 radical (unpaired) electrons. The molecule has 2 aromatic carbocycles. The molecular weight excluding hydrogens is 489 g/mol. The van der Waals surface area contributed by atoms with E-state index in [-0.39, 0.29) is 23.0 Å². The molecule has 1 aliphatic rings. The molecule has 190 valence electrons. The van der Waals surface area contributed by atoms with Crippen molar-refractivity contribution in [2.75, 3.05) is 30.1 Å². The molecule has 0 unspecified atom stereocenters. The molecule has 0 amide bonds. The maximum absolute atomic E-state index is 14.1. The predicted molar refractivity (Wildman–Crippen MR) is 138 cm³/mol. The Bertz CT molecular complexity index is 1180. The Morgan fingerprint density at radius 2 is 1.91 bits per heavy atom. The fourth-order valence-electron chi connectivity index (χ4n) is 4.46. The van der Waals surface area contributed by atoms with E-state index in [1.165, 1.54) is 17.8 Å². The van der Waals surface area contributed by atoms with E-state index in [9.17, 15) is 17.6 Å². The average Bonchev–Trinajstić information content (AvgIpc) is 2.94. The summed E-state index contributed by atoms with van der Waals surface area (Å²) in [5.74, 6) is -2.17. The molecule has 0 saturated carbocycles. The standard InChI is InChI=1S/C26H32FNO5S2/c1-5-13-26(6-2)17-28(19-11-9-8-10-12-19)21-14-23(34-4)22(15-24(21)35(30,31)18-26)33-16-20(27)25(29)32-7-3/h8-12,14-16H,5-7,13,17-18H2,1-4H3/b20-16-/t26-/m0/s1. The molecule has 3 rings (SSSR count). The largest absolute Gasteiger partial charge is 0.461 e. The third kappa shape index (κ3) is 6.01. The van der Waals surface area contributed by atoms with Gasteiger partial charge in [-0.2, -0.15) is 4.39 Å². The first-order chi connectivity index (χ1) is 16.7. The van der Waals surface area contributed by atoms with E-state index < -0.39 is 27.0 Å². The summed E-state index contributed by atoms with van der Waals surface area (Å²) in [6, 6.07) is 12.9. The molecule has 0 fully saturated rings. The SMILES string of the molecule is CCC[C@@]1(CC)CN(c2ccccc2)c2cc(SC)c(O/C=C(\F)C(=O)OCC)cc2S(=O)(=O)C1.